The summed E-state index contributed by atoms with van der Waals surface area (Å²) in [7, 11) is 0. The van der Waals surface area contributed by atoms with Crippen LogP contribution in [0.15, 0.2) is 6.07 Å². The highest BCUT2D eigenvalue weighted by Crippen LogP contribution is 2.10. The topological polar surface area (TPSA) is 58.1 Å². The van der Waals surface area contributed by atoms with Crippen LogP contribution in [-0.2, 0) is 4.79 Å². The number of carbonyl (C=O) groups excluding carboxylic acids is 1. The van der Waals surface area contributed by atoms with Gasteiger partial charge in [0.1, 0.15) is 0 Å². The van der Waals surface area contributed by atoms with Gasteiger partial charge in [-0.1, -0.05) is 0 Å². The fourth-order valence-electron chi connectivity index (χ4n) is 1.66. The van der Waals surface area contributed by atoms with Gasteiger partial charge in [0.15, 0.2) is 0 Å². The average Bonchev–Trinajstić information content (AvgIpc) is 2.16. The first-order valence-corrected chi connectivity index (χ1v) is 4.99. The Morgan fingerprint density at radius 3 is 2.60 bits per heavy atom. The molecule has 5 nitrogen and oxygen atoms in total. The average molecular weight is 206 g/mol. The first-order valence-electron chi connectivity index (χ1n) is 4.99. The van der Waals surface area contributed by atoms with Crippen LogP contribution in [0.2, 0.25) is 0 Å². The number of nitrogens with zero attached hydrogens (tertiary/aromatic N) is 3. The minimum atomic E-state index is 0.0315. The maximum atomic E-state index is 11.2. The number of amides is 1. The predicted molar refractivity (Wildman–Crippen MR) is 56.7 cm³/mol. The Morgan fingerprint density at radius 2 is 2.00 bits per heavy atom. The van der Waals surface area contributed by atoms with Crippen LogP contribution < -0.4 is 10.2 Å². The molecule has 2 heterocycles. The van der Waals surface area contributed by atoms with Crippen molar-refractivity contribution in [3.8, 4) is 0 Å². The van der Waals surface area contributed by atoms with Gasteiger partial charge in [0.25, 0.3) is 0 Å². The third kappa shape index (κ3) is 2.23. The van der Waals surface area contributed by atoms with Gasteiger partial charge in [-0.25, -0.2) is 9.97 Å². The highest BCUT2D eigenvalue weighted by molar-refractivity contribution is 5.81. The largest absolute Gasteiger partial charge is 0.353 e. The first-order chi connectivity index (χ1) is 7.15. The van der Waals surface area contributed by atoms with E-state index in [0.29, 0.717) is 19.0 Å². The molecule has 0 saturated carbocycles. The van der Waals surface area contributed by atoms with Crippen molar-refractivity contribution in [1.82, 2.24) is 15.3 Å². The second kappa shape index (κ2) is 3.84. The van der Waals surface area contributed by atoms with Gasteiger partial charge in [0.05, 0.1) is 6.54 Å². The molecule has 0 bridgehead atoms. The summed E-state index contributed by atoms with van der Waals surface area (Å²) < 4.78 is 0. The molecule has 0 atom stereocenters. The summed E-state index contributed by atoms with van der Waals surface area (Å²) in [4.78, 5) is 21.8. The second-order valence-corrected chi connectivity index (χ2v) is 3.72. The molecule has 80 valence electrons. The van der Waals surface area contributed by atoms with Gasteiger partial charge >= 0.3 is 0 Å². The summed E-state index contributed by atoms with van der Waals surface area (Å²) in [5, 5.41) is 2.77. The molecule has 1 fully saturated rings. The van der Waals surface area contributed by atoms with Gasteiger partial charge in [-0.3, -0.25) is 4.79 Å². The standard InChI is InChI=1S/C10H14N4O/c1-7-5-8(2)13-10(12-7)14-4-3-11-9(15)6-14/h5H,3-4,6H2,1-2H3,(H,11,15). The summed E-state index contributed by atoms with van der Waals surface area (Å²) in [5.41, 5.74) is 1.87. The van der Waals surface area contributed by atoms with Gasteiger partial charge in [-0.2, -0.15) is 0 Å². The van der Waals surface area contributed by atoms with Gasteiger partial charge in [-0.05, 0) is 19.9 Å². The lowest BCUT2D eigenvalue weighted by Gasteiger charge is -2.26. The van der Waals surface area contributed by atoms with E-state index in [1.165, 1.54) is 0 Å². The molecule has 0 aliphatic carbocycles. The van der Waals surface area contributed by atoms with Crippen LogP contribution in [0.4, 0.5) is 5.95 Å². The van der Waals surface area contributed by atoms with Crippen molar-refractivity contribution in [2.75, 3.05) is 24.5 Å². The number of carbonyl (C=O) groups is 1. The predicted octanol–water partition coefficient (Wildman–Crippen LogP) is 0.0296. The van der Waals surface area contributed by atoms with Crippen molar-refractivity contribution in [3.05, 3.63) is 17.5 Å². The van der Waals surface area contributed by atoms with Crippen LogP contribution in [0.3, 0.4) is 0 Å². The number of anilines is 1. The van der Waals surface area contributed by atoms with E-state index in [1.807, 2.05) is 24.8 Å². The highest BCUT2D eigenvalue weighted by Gasteiger charge is 2.18. The van der Waals surface area contributed by atoms with Crippen LogP contribution in [0, 0.1) is 13.8 Å². The van der Waals surface area contributed by atoms with E-state index < -0.39 is 0 Å². The maximum Gasteiger partial charge on any atom is 0.239 e. The third-order valence-corrected chi connectivity index (χ3v) is 2.29. The van der Waals surface area contributed by atoms with Gasteiger partial charge in [-0.15, -0.1) is 0 Å². The number of nitrogens with one attached hydrogen (secondary N) is 1. The molecule has 1 amide bonds. The first kappa shape index (κ1) is 9.89. The molecule has 1 aliphatic rings. The maximum absolute atomic E-state index is 11.2. The number of aryl methyl sites for hydroxylation is 2. The minimum absolute atomic E-state index is 0.0315. The van der Waals surface area contributed by atoms with Crippen molar-refractivity contribution in [3.63, 3.8) is 0 Å². The van der Waals surface area contributed by atoms with Crippen LogP contribution in [0.1, 0.15) is 11.4 Å². The molecule has 1 aromatic rings. The van der Waals surface area contributed by atoms with E-state index in [4.69, 9.17) is 0 Å². The molecule has 5 heteroatoms. The molecule has 0 radical (unpaired) electrons. The lowest BCUT2D eigenvalue weighted by molar-refractivity contribution is -0.120. The van der Waals surface area contributed by atoms with Crippen LogP contribution in [0.5, 0.6) is 0 Å². The number of aromatic nitrogens is 2. The fourth-order valence-corrected chi connectivity index (χ4v) is 1.66. The Hall–Kier alpha value is -1.65. The van der Waals surface area contributed by atoms with Gasteiger partial charge in [0, 0.05) is 24.5 Å². The van der Waals surface area contributed by atoms with Crippen molar-refractivity contribution in [2.24, 2.45) is 0 Å². The lowest BCUT2D eigenvalue weighted by atomic mass is 10.3. The Morgan fingerprint density at radius 1 is 1.33 bits per heavy atom. The summed E-state index contributed by atoms with van der Waals surface area (Å²) in [5.74, 6) is 0.686. The summed E-state index contributed by atoms with van der Waals surface area (Å²) in [6.07, 6.45) is 0. The Balaban J connectivity index is 2.24. The number of piperazine rings is 1. The van der Waals surface area contributed by atoms with Crippen molar-refractivity contribution in [1.29, 1.82) is 0 Å². The molecule has 0 spiro atoms. The summed E-state index contributed by atoms with van der Waals surface area (Å²) in [6.45, 7) is 5.65. The second-order valence-electron chi connectivity index (χ2n) is 3.72. The van der Waals surface area contributed by atoms with Crippen LogP contribution in [0.25, 0.3) is 0 Å². The number of hydrogen-bond donors (Lipinski definition) is 1. The lowest BCUT2D eigenvalue weighted by Crippen LogP contribution is -2.48. The molecule has 1 aromatic heterocycles. The molecular formula is C10H14N4O. The molecule has 0 unspecified atom stereocenters. The quantitative estimate of drug-likeness (QED) is 0.704. The molecule has 15 heavy (non-hydrogen) atoms. The minimum Gasteiger partial charge on any atom is -0.353 e. The molecule has 0 aromatic carbocycles. The van der Waals surface area contributed by atoms with Crippen LogP contribution in [-0.4, -0.2) is 35.5 Å². The monoisotopic (exact) mass is 206 g/mol. The fraction of sp³-hybridized carbons (Fsp3) is 0.500. The number of hydrogen-bond acceptors (Lipinski definition) is 4. The van der Waals surface area contributed by atoms with E-state index >= 15 is 0 Å². The van der Waals surface area contributed by atoms with E-state index in [0.717, 1.165) is 17.9 Å². The molecular weight excluding hydrogens is 192 g/mol. The van der Waals surface area contributed by atoms with Gasteiger partial charge < -0.3 is 10.2 Å². The zero-order valence-electron chi connectivity index (χ0n) is 8.95. The Kier molecular flexibility index (Phi) is 2.53. The van der Waals surface area contributed by atoms with Crippen molar-refractivity contribution < 1.29 is 4.79 Å². The van der Waals surface area contributed by atoms with Crippen molar-refractivity contribution in [2.45, 2.75) is 13.8 Å². The number of rotatable bonds is 1. The smallest absolute Gasteiger partial charge is 0.239 e. The summed E-state index contributed by atoms with van der Waals surface area (Å²) in [6, 6.07) is 1.92. The summed E-state index contributed by atoms with van der Waals surface area (Å²) >= 11 is 0. The van der Waals surface area contributed by atoms with E-state index in [2.05, 4.69) is 15.3 Å². The molecule has 1 N–H and O–H groups in total. The third-order valence-electron chi connectivity index (χ3n) is 2.29. The molecule has 1 saturated heterocycles. The van der Waals surface area contributed by atoms with Crippen LogP contribution >= 0.6 is 0 Å². The Bertz CT molecular complexity index is 371. The van der Waals surface area contributed by atoms with E-state index in [9.17, 15) is 4.79 Å². The molecule has 2 rings (SSSR count). The van der Waals surface area contributed by atoms with E-state index in [1.54, 1.807) is 0 Å². The Labute approximate surface area is 88.5 Å². The van der Waals surface area contributed by atoms with Crippen molar-refractivity contribution >= 4 is 11.9 Å². The molecule has 1 aliphatic heterocycles. The van der Waals surface area contributed by atoms with E-state index in [-0.39, 0.29) is 5.91 Å². The normalized spacial score (nSPS) is 16.4. The zero-order chi connectivity index (χ0) is 10.8. The zero-order valence-corrected chi connectivity index (χ0v) is 8.95. The highest BCUT2D eigenvalue weighted by atomic mass is 16.2. The SMILES string of the molecule is Cc1cc(C)nc(N2CCNC(=O)C2)n1. The van der Waals surface area contributed by atoms with Gasteiger partial charge in [0.2, 0.25) is 11.9 Å².